The third-order valence-electron chi connectivity index (χ3n) is 2.12. The van der Waals surface area contributed by atoms with E-state index in [0.717, 1.165) is 5.69 Å². The first kappa shape index (κ1) is 12.8. The summed E-state index contributed by atoms with van der Waals surface area (Å²) >= 11 is 2.25. The van der Waals surface area contributed by atoms with Crippen molar-refractivity contribution in [3.05, 3.63) is 27.8 Å². The fraction of sp³-hybridized carbons (Fsp3) is 0.182. The van der Waals surface area contributed by atoms with Gasteiger partial charge in [-0.2, -0.15) is 15.0 Å². The highest BCUT2D eigenvalue weighted by Crippen LogP contribution is 2.17. The highest BCUT2D eigenvalue weighted by atomic mass is 127. The molecule has 0 unspecified atom stereocenters. The first-order chi connectivity index (χ1) is 8.71. The van der Waals surface area contributed by atoms with Gasteiger partial charge in [0.05, 0.1) is 7.11 Å². The van der Waals surface area contributed by atoms with E-state index >= 15 is 0 Å². The molecule has 0 radical (unpaired) electrons. The number of benzene rings is 1. The molecule has 7 heteroatoms. The van der Waals surface area contributed by atoms with Crippen LogP contribution in [0.25, 0.3) is 0 Å². The Kier molecular flexibility index (Phi) is 4.13. The second-order valence-corrected chi connectivity index (χ2v) is 4.60. The Morgan fingerprint density at radius 3 is 2.33 bits per heavy atom. The van der Waals surface area contributed by atoms with Crippen molar-refractivity contribution in [2.45, 2.75) is 0 Å². The van der Waals surface area contributed by atoms with Crippen molar-refractivity contribution >= 4 is 40.2 Å². The normalized spacial score (nSPS) is 9.94. The van der Waals surface area contributed by atoms with Crippen molar-refractivity contribution < 1.29 is 4.74 Å². The zero-order chi connectivity index (χ0) is 13.0. The van der Waals surface area contributed by atoms with E-state index < -0.39 is 0 Å². The minimum atomic E-state index is 0.266. The van der Waals surface area contributed by atoms with Gasteiger partial charge in [-0.3, -0.25) is 0 Å². The van der Waals surface area contributed by atoms with Gasteiger partial charge in [0.1, 0.15) is 0 Å². The lowest BCUT2D eigenvalue weighted by atomic mass is 10.3. The van der Waals surface area contributed by atoms with Crippen LogP contribution in [0, 0.1) is 3.57 Å². The van der Waals surface area contributed by atoms with E-state index in [1.54, 1.807) is 7.05 Å². The van der Waals surface area contributed by atoms with Gasteiger partial charge in [0.25, 0.3) is 0 Å². The second-order valence-electron chi connectivity index (χ2n) is 3.35. The Morgan fingerprint density at radius 2 is 1.72 bits per heavy atom. The van der Waals surface area contributed by atoms with Gasteiger partial charge >= 0.3 is 6.01 Å². The van der Waals surface area contributed by atoms with Gasteiger partial charge in [-0.1, -0.05) is 0 Å². The Hall–Kier alpha value is -1.64. The molecule has 0 fully saturated rings. The molecule has 1 heterocycles. The standard InChI is InChI=1S/C11H12IN5O/c1-13-9-15-10(17-11(16-9)18-2)14-8-5-3-7(12)4-6-8/h3-6H,1-2H3,(H2,13,14,15,16,17). The topological polar surface area (TPSA) is 72.0 Å². The van der Waals surface area contributed by atoms with Crippen LogP contribution in [0.1, 0.15) is 0 Å². The van der Waals surface area contributed by atoms with Gasteiger partial charge < -0.3 is 15.4 Å². The molecule has 0 saturated carbocycles. The Balaban J connectivity index is 2.25. The fourth-order valence-corrected chi connectivity index (χ4v) is 1.64. The zero-order valence-electron chi connectivity index (χ0n) is 9.94. The van der Waals surface area contributed by atoms with Crippen molar-refractivity contribution in [1.29, 1.82) is 0 Å². The lowest BCUT2D eigenvalue weighted by Gasteiger charge is -2.07. The SMILES string of the molecule is CNc1nc(Nc2ccc(I)cc2)nc(OC)n1. The predicted molar refractivity (Wildman–Crippen MR) is 78.4 cm³/mol. The highest BCUT2D eigenvalue weighted by Gasteiger charge is 2.05. The molecule has 0 spiro atoms. The third kappa shape index (κ3) is 3.19. The van der Waals surface area contributed by atoms with Crippen LogP contribution in [0.5, 0.6) is 6.01 Å². The summed E-state index contributed by atoms with van der Waals surface area (Å²) in [6.07, 6.45) is 0. The van der Waals surface area contributed by atoms with E-state index in [2.05, 4.69) is 48.2 Å². The number of rotatable bonds is 4. The van der Waals surface area contributed by atoms with E-state index in [1.807, 2.05) is 24.3 Å². The number of hydrogen-bond donors (Lipinski definition) is 2. The zero-order valence-corrected chi connectivity index (χ0v) is 12.1. The predicted octanol–water partition coefficient (Wildman–Crippen LogP) is 2.27. The van der Waals surface area contributed by atoms with Crippen LogP contribution in [0.2, 0.25) is 0 Å². The highest BCUT2D eigenvalue weighted by molar-refractivity contribution is 14.1. The average molecular weight is 357 g/mol. The molecular weight excluding hydrogens is 345 g/mol. The van der Waals surface area contributed by atoms with Crippen LogP contribution < -0.4 is 15.4 Å². The van der Waals surface area contributed by atoms with Crippen molar-refractivity contribution in [3.8, 4) is 6.01 Å². The summed E-state index contributed by atoms with van der Waals surface area (Å²) in [4.78, 5) is 12.3. The number of ether oxygens (including phenoxy) is 1. The van der Waals surface area contributed by atoms with E-state index in [4.69, 9.17) is 4.74 Å². The monoisotopic (exact) mass is 357 g/mol. The molecule has 0 saturated heterocycles. The van der Waals surface area contributed by atoms with E-state index in [1.165, 1.54) is 10.7 Å². The van der Waals surface area contributed by atoms with Gasteiger partial charge in [0.15, 0.2) is 0 Å². The largest absolute Gasteiger partial charge is 0.467 e. The van der Waals surface area contributed by atoms with Crippen LogP contribution in [-0.2, 0) is 0 Å². The summed E-state index contributed by atoms with van der Waals surface area (Å²) < 4.78 is 6.18. The van der Waals surface area contributed by atoms with Crippen molar-refractivity contribution in [1.82, 2.24) is 15.0 Å². The Morgan fingerprint density at radius 1 is 1.06 bits per heavy atom. The van der Waals surface area contributed by atoms with Gasteiger partial charge in [0.2, 0.25) is 11.9 Å². The van der Waals surface area contributed by atoms with Crippen LogP contribution in [0.15, 0.2) is 24.3 Å². The van der Waals surface area contributed by atoms with Crippen LogP contribution in [0.3, 0.4) is 0 Å². The van der Waals surface area contributed by atoms with E-state index in [0.29, 0.717) is 11.9 Å². The van der Waals surface area contributed by atoms with E-state index in [-0.39, 0.29) is 6.01 Å². The van der Waals surface area contributed by atoms with Gasteiger partial charge in [-0.15, -0.1) is 0 Å². The van der Waals surface area contributed by atoms with Gasteiger partial charge in [0, 0.05) is 16.3 Å². The molecule has 1 aromatic heterocycles. The Labute approximate surface area is 118 Å². The molecule has 6 nitrogen and oxygen atoms in total. The Bertz CT molecular complexity index is 509. The summed E-state index contributed by atoms with van der Waals surface area (Å²) in [5, 5.41) is 5.95. The molecule has 18 heavy (non-hydrogen) atoms. The minimum absolute atomic E-state index is 0.266. The van der Waals surface area contributed by atoms with Crippen molar-refractivity contribution in [2.75, 3.05) is 24.8 Å². The lowest BCUT2D eigenvalue weighted by Crippen LogP contribution is -2.05. The number of aromatic nitrogens is 3. The van der Waals surface area contributed by atoms with Crippen LogP contribution in [0.4, 0.5) is 17.6 Å². The number of halogens is 1. The maximum absolute atomic E-state index is 5.01. The van der Waals surface area contributed by atoms with Gasteiger partial charge in [-0.05, 0) is 46.9 Å². The molecule has 2 rings (SSSR count). The first-order valence-corrected chi connectivity index (χ1v) is 6.29. The molecular formula is C11H12IN5O. The number of hydrogen-bond acceptors (Lipinski definition) is 6. The molecule has 94 valence electrons. The number of nitrogens with one attached hydrogen (secondary N) is 2. The number of methoxy groups -OCH3 is 1. The first-order valence-electron chi connectivity index (χ1n) is 5.21. The number of nitrogens with zero attached hydrogens (tertiary/aromatic N) is 3. The maximum Gasteiger partial charge on any atom is 0.322 e. The number of anilines is 3. The lowest BCUT2D eigenvalue weighted by molar-refractivity contribution is 0.379. The van der Waals surface area contributed by atoms with Crippen LogP contribution >= 0.6 is 22.6 Å². The third-order valence-corrected chi connectivity index (χ3v) is 2.84. The minimum Gasteiger partial charge on any atom is -0.467 e. The molecule has 1 aromatic carbocycles. The second kappa shape index (κ2) is 5.80. The molecule has 0 bridgehead atoms. The summed E-state index contributed by atoms with van der Waals surface area (Å²) in [6, 6.07) is 8.18. The van der Waals surface area contributed by atoms with E-state index in [9.17, 15) is 0 Å². The average Bonchev–Trinajstić information content (AvgIpc) is 2.41. The molecule has 0 atom stereocenters. The molecule has 0 aliphatic heterocycles. The molecule has 2 aromatic rings. The van der Waals surface area contributed by atoms with Crippen molar-refractivity contribution in [3.63, 3.8) is 0 Å². The summed E-state index contributed by atoms with van der Waals surface area (Å²) in [7, 11) is 3.26. The molecule has 0 aliphatic rings. The fourth-order valence-electron chi connectivity index (χ4n) is 1.28. The summed E-state index contributed by atoms with van der Waals surface area (Å²) in [6.45, 7) is 0. The van der Waals surface area contributed by atoms with Crippen LogP contribution in [-0.4, -0.2) is 29.1 Å². The smallest absolute Gasteiger partial charge is 0.322 e. The molecule has 0 amide bonds. The molecule has 2 N–H and O–H groups in total. The summed E-state index contributed by atoms with van der Waals surface area (Å²) in [5.74, 6) is 0.891. The van der Waals surface area contributed by atoms with Crippen molar-refractivity contribution in [2.24, 2.45) is 0 Å². The summed E-state index contributed by atoms with van der Waals surface area (Å²) in [5.41, 5.74) is 0.908. The quantitative estimate of drug-likeness (QED) is 0.818. The molecule has 0 aliphatic carbocycles. The maximum atomic E-state index is 5.01. The van der Waals surface area contributed by atoms with Gasteiger partial charge in [-0.25, -0.2) is 0 Å².